The highest BCUT2D eigenvalue weighted by molar-refractivity contribution is 5.77. The first kappa shape index (κ1) is 22.9. The standard InChI is InChI=1S/C27H33NO5/c1-17-18(2)26(20-15-23(30-4)27(32-6)24(16-20)31-5)33-25(17)19-10-11-22(29-3)21(14-19)28-12-8-7-9-13-28/h10-11,14-16H,7-9,12-13H2,1-6H3. The first-order valence-corrected chi connectivity index (χ1v) is 11.4. The molecule has 2 aromatic carbocycles. The second-order valence-corrected chi connectivity index (χ2v) is 8.36. The monoisotopic (exact) mass is 451 g/mol. The summed E-state index contributed by atoms with van der Waals surface area (Å²) in [6.07, 6.45) is 3.70. The molecule has 0 unspecified atom stereocenters. The maximum atomic E-state index is 6.49. The van der Waals surface area contributed by atoms with Gasteiger partial charge < -0.3 is 28.3 Å². The van der Waals surface area contributed by atoms with Crippen molar-refractivity contribution < 1.29 is 23.4 Å². The van der Waals surface area contributed by atoms with Crippen LogP contribution in [-0.4, -0.2) is 41.5 Å². The van der Waals surface area contributed by atoms with Gasteiger partial charge in [-0.05, 0) is 74.6 Å². The van der Waals surface area contributed by atoms with Crippen molar-refractivity contribution in [3.63, 3.8) is 0 Å². The Morgan fingerprint density at radius 3 is 1.79 bits per heavy atom. The first-order valence-electron chi connectivity index (χ1n) is 11.4. The van der Waals surface area contributed by atoms with E-state index in [1.807, 2.05) is 18.2 Å². The summed E-state index contributed by atoms with van der Waals surface area (Å²) in [5.74, 6) is 4.30. The van der Waals surface area contributed by atoms with Crippen LogP contribution in [0.15, 0.2) is 34.7 Å². The van der Waals surface area contributed by atoms with Crippen LogP contribution in [0, 0.1) is 13.8 Å². The lowest BCUT2D eigenvalue weighted by Gasteiger charge is -2.30. The van der Waals surface area contributed by atoms with Crippen LogP contribution in [0.5, 0.6) is 23.0 Å². The Morgan fingerprint density at radius 1 is 0.667 bits per heavy atom. The fraction of sp³-hybridized carbons (Fsp3) is 0.407. The van der Waals surface area contributed by atoms with E-state index >= 15 is 0 Å². The highest BCUT2D eigenvalue weighted by Crippen LogP contribution is 2.45. The second kappa shape index (κ2) is 9.69. The van der Waals surface area contributed by atoms with Gasteiger partial charge in [0.25, 0.3) is 0 Å². The fourth-order valence-electron chi connectivity index (χ4n) is 4.57. The Morgan fingerprint density at radius 2 is 1.24 bits per heavy atom. The summed E-state index contributed by atoms with van der Waals surface area (Å²) >= 11 is 0. The molecule has 0 radical (unpaired) electrons. The zero-order valence-electron chi connectivity index (χ0n) is 20.4. The van der Waals surface area contributed by atoms with Gasteiger partial charge in [0.2, 0.25) is 5.75 Å². The van der Waals surface area contributed by atoms with Crippen molar-refractivity contribution in [3.05, 3.63) is 41.5 Å². The highest BCUT2D eigenvalue weighted by atomic mass is 16.5. The predicted molar refractivity (Wildman–Crippen MR) is 131 cm³/mol. The molecule has 1 aliphatic heterocycles. The molecule has 0 bridgehead atoms. The fourth-order valence-corrected chi connectivity index (χ4v) is 4.57. The maximum Gasteiger partial charge on any atom is 0.203 e. The average molecular weight is 452 g/mol. The number of anilines is 1. The zero-order chi connectivity index (χ0) is 23.5. The molecule has 4 rings (SSSR count). The van der Waals surface area contributed by atoms with E-state index in [0.29, 0.717) is 17.2 Å². The molecule has 0 atom stereocenters. The molecule has 176 valence electrons. The number of ether oxygens (including phenoxy) is 4. The van der Waals surface area contributed by atoms with Gasteiger partial charge in [-0.2, -0.15) is 0 Å². The minimum atomic E-state index is 0.561. The lowest BCUT2D eigenvalue weighted by atomic mass is 10.0. The van der Waals surface area contributed by atoms with E-state index < -0.39 is 0 Å². The first-order chi connectivity index (χ1) is 16.0. The van der Waals surface area contributed by atoms with E-state index in [4.69, 9.17) is 23.4 Å². The van der Waals surface area contributed by atoms with Gasteiger partial charge >= 0.3 is 0 Å². The highest BCUT2D eigenvalue weighted by Gasteiger charge is 2.22. The Balaban J connectivity index is 1.80. The molecule has 1 saturated heterocycles. The van der Waals surface area contributed by atoms with Gasteiger partial charge in [0.1, 0.15) is 17.3 Å². The average Bonchev–Trinajstić information content (AvgIpc) is 3.17. The van der Waals surface area contributed by atoms with Crippen LogP contribution >= 0.6 is 0 Å². The Hall–Kier alpha value is -3.28. The third kappa shape index (κ3) is 4.22. The minimum absolute atomic E-state index is 0.561. The van der Waals surface area contributed by atoms with Crippen molar-refractivity contribution in [2.45, 2.75) is 33.1 Å². The molecule has 0 amide bonds. The van der Waals surface area contributed by atoms with Crippen LogP contribution in [0.2, 0.25) is 0 Å². The van der Waals surface area contributed by atoms with Gasteiger partial charge in [0, 0.05) is 24.2 Å². The molecule has 33 heavy (non-hydrogen) atoms. The SMILES string of the molecule is COc1ccc(-c2oc(-c3cc(OC)c(OC)c(OC)c3)c(C)c2C)cc1N1CCCCC1. The molecule has 6 nitrogen and oxygen atoms in total. The summed E-state index contributed by atoms with van der Waals surface area (Å²) in [5, 5.41) is 0. The van der Waals surface area contributed by atoms with Crippen molar-refractivity contribution in [1.82, 2.24) is 0 Å². The molecule has 0 spiro atoms. The molecule has 6 heteroatoms. The van der Waals surface area contributed by atoms with Crippen LogP contribution in [0.3, 0.4) is 0 Å². The third-order valence-electron chi connectivity index (χ3n) is 6.51. The lowest BCUT2D eigenvalue weighted by molar-refractivity contribution is 0.324. The van der Waals surface area contributed by atoms with Gasteiger partial charge in [-0.1, -0.05) is 0 Å². The number of methoxy groups -OCH3 is 4. The Bertz CT molecular complexity index is 1100. The number of hydrogen-bond acceptors (Lipinski definition) is 6. The summed E-state index contributed by atoms with van der Waals surface area (Å²) in [4.78, 5) is 2.41. The largest absolute Gasteiger partial charge is 0.495 e. The molecule has 0 aliphatic carbocycles. The zero-order valence-corrected chi connectivity index (χ0v) is 20.4. The van der Waals surface area contributed by atoms with Crippen molar-refractivity contribution in [3.8, 4) is 45.6 Å². The van der Waals surface area contributed by atoms with Gasteiger partial charge in [0.05, 0.1) is 34.1 Å². The number of nitrogens with zero attached hydrogens (tertiary/aromatic N) is 1. The topological polar surface area (TPSA) is 53.3 Å². The smallest absolute Gasteiger partial charge is 0.203 e. The van der Waals surface area contributed by atoms with Crippen LogP contribution in [-0.2, 0) is 0 Å². The summed E-state index contributed by atoms with van der Waals surface area (Å²) in [6.45, 7) is 6.27. The second-order valence-electron chi connectivity index (χ2n) is 8.36. The van der Waals surface area contributed by atoms with E-state index in [0.717, 1.165) is 58.3 Å². The normalized spacial score (nSPS) is 13.7. The van der Waals surface area contributed by atoms with Crippen LogP contribution in [0.25, 0.3) is 22.6 Å². The van der Waals surface area contributed by atoms with E-state index in [1.54, 1.807) is 28.4 Å². The third-order valence-corrected chi connectivity index (χ3v) is 6.51. The molecule has 1 aliphatic rings. The van der Waals surface area contributed by atoms with Crippen molar-refractivity contribution in [2.24, 2.45) is 0 Å². The van der Waals surface area contributed by atoms with Crippen molar-refractivity contribution >= 4 is 5.69 Å². The van der Waals surface area contributed by atoms with Crippen molar-refractivity contribution in [1.29, 1.82) is 0 Å². The predicted octanol–water partition coefficient (Wildman–Crippen LogP) is 6.26. The summed E-state index contributed by atoms with van der Waals surface area (Å²) in [7, 11) is 6.57. The van der Waals surface area contributed by atoms with Gasteiger partial charge in [-0.15, -0.1) is 0 Å². The Kier molecular flexibility index (Phi) is 6.72. The Labute approximate surface area is 196 Å². The molecule has 0 saturated carbocycles. The van der Waals surface area contributed by atoms with Gasteiger partial charge in [-0.3, -0.25) is 0 Å². The van der Waals surface area contributed by atoms with Crippen LogP contribution < -0.4 is 23.8 Å². The molecular formula is C27H33NO5. The van der Waals surface area contributed by atoms with Crippen LogP contribution in [0.1, 0.15) is 30.4 Å². The van der Waals surface area contributed by atoms with Crippen molar-refractivity contribution in [2.75, 3.05) is 46.4 Å². The lowest BCUT2D eigenvalue weighted by Crippen LogP contribution is -2.29. The number of piperidine rings is 1. The summed E-state index contributed by atoms with van der Waals surface area (Å²) in [6, 6.07) is 10.1. The molecule has 3 aromatic rings. The number of rotatable bonds is 7. The molecule has 1 aromatic heterocycles. The molecule has 1 fully saturated rings. The van der Waals surface area contributed by atoms with E-state index in [1.165, 1.54) is 19.3 Å². The van der Waals surface area contributed by atoms with Gasteiger partial charge in [-0.25, -0.2) is 0 Å². The maximum absolute atomic E-state index is 6.49. The van der Waals surface area contributed by atoms with E-state index in [2.05, 4.69) is 30.9 Å². The molecule has 0 N–H and O–H groups in total. The quantitative estimate of drug-likeness (QED) is 0.423. The van der Waals surface area contributed by atoms with E-state index in [9.17, 15) is 0 Å². The van der Waals surface area contributed by atoms with E-state index in [-0.39, 0.29) is 0 Å². The minimum Gasteiger partial charge on any atom is -0.495 e. The molecule has 2 heterocycles. The van der Waals surface area contributed by atoms with Gasteiger partial charge in [0.15, 0.2) is 11.5 Å². The number of furan rings is 1. The number of benzene rings is 2. The summed E-state index contributed by atoms with van der Waals surface area (Å²) < 4.78 is 28.7. The number of hydrogen-bond donors (Lipinski definition) is 0. The van der Waals surface area contributed by atoms with Crippen LogP contribution in [0.4, 0.5) is 5.69 Å². The summed E-state index contributed by atoms with van der Waals surface area (Å²) in [5.41, 5.74) is 5.22. The molecular weight excluding hydrogens is 418 g/mol.